The van der Waals surface area contributed by atoms with Gasteiger partial charge in [0.1, 0.15) is 5.75 Å². The second kappa shape index (κ2) is 17.6. The third-order valence-corrected chi connectivity index (χ3v) is 6.10. The summed E-state index contributed by atoms with van der Waals surface area (Å²) in [6.07, 6.45) is 23.0. The van der Waals surface area contributed by atoms with Gasteiger partial charge in [0.2, 0.25) is 0 Å². The van der Waals surface area contributed by atoms with Crippen molar-refractivity contribution in [2.24, 2.45) is 0 Å². The quantitative estimate of drug-likeness (QED) is 0.214. The fraction of sp³-hybridized carbons (Fsp3) is 0.786. The maximum atomic E-state index is 9.94. The third-order valence-electron chi connectivity index (χ3n) is 6.10. The maximum Gasteiger partial charge on any atom is 0.118 e. The molecule has 0 heterocycles. The Morgan fingerprint density at radius 3 is 1.57 bits per heavy atom. The summed E-state index contributed by atoms with van der Waals surface area (Å²) in [7, 11) is 0. The minimum atomic E-state index is -0.228. The van der Waals surface area contributed by atoms with Crippen molar-refractivity contribution in [3.05, 3.63) is 29.8 Å². The molecule has 0 saturated carbocycles. The van der Waals surface area contributed by atoms with E-state index in [9.17, 15) is 5.11 Å². The third kappa shape index (κ3) is 14.9. The molecule has 1 rings (SSSR count). The Morgan fingerprint density at radius 2 is 1.10 bits per heavy atom. The van der Waals surface area contributed by atoms with E-state index >= 15 is 0 Å². The molecule has 0 unspecified atom stereocenters. The maximum absolute atomic E-state index is 9.94. The van der Waals surface area contributed by atoms with Crippen molar-refractivity contribution in [3.63, 3.8) is 0 Å². The monoisotopic (exact) mass is 418 g/mol. The number of phenols is 1. The predicted molar refractivity (Wildman–Crippen MR) is 131 cm³/mol. The van der Waals surface area contributed by atoms with Crippen molar-refractivity contribution in [2.45, 2.75) is 136 Å². The lowest BCUT2D eigenvalue weighted by molar-refractivity contribution is -0.0190. The molecule has 0 saturated heterocycles. The van der Waals surface area contributed by atoms with Crippen molar-refractivity contribution in [1.29, 1.82) is 0 Å². The molecule has 0 amide bonds. The summed E-state index contributed by atoms with van der Waals surface area (Å²) < 4.78 is 6.10. The summed E-state index contributed by atoms with van der Waals surface area (Å²) in [5.74, 6) is 0.372. The van der Waals surface area contributed by atoms with Crippen LogP contribution in [0.25, 0.3) is 0 Å². The van der Waals surface area contributed by atoms with Crippen LogP contribution >= 0.6 is 0 Å². The zero-order valence-corrected chi connectivity index (χ0v) is 20.4. The topological polar surface area (TPSA) is 29.5 Å². The average molecular weight is 419 g/mol. The van der Waals surface area contributed by atoms with Crippen LogP contribution in [-0.4, -0.2) is 17.3 Å². The second-order valence-corrected chi connectivity index (χ2v) is 9.72. The Bertz CT molecular complexity index is 509. The molecule has 0 aromatic heterocycles. The van der Waals surface area contributed by atoms with Gasteiger partial charge in [-0.3, -0.25) is 0 Å². The zero-order valence-electron chi connectivity index (χ0n) is 20.4. The van der Waals surface area contributed by atoms with E-state index in [1.807, 2.05) is 18.2 Å². The van der Waals surface area contributed by atoms with E-state index in [1.54, 1.807) is 6.07 Å². The molecule has 2 heteroatoms. The van der Waals surface area contributed by atoms with Crippen LogP contribution in [0.2, 0.25) is 0 Å². The molecule has 1 aromatic carbocycles. The standard InChI is InChI=1S/C28H50O2/c1-4-5-6-7-8-9-10-11-12-13-14-15-16-17-18-21-24-30-28(2,3)25-26-22-19-20-23-27(26)29/h19-20,22-23,29H,4-18,21,24-25H2,1-3H3. The Morgan fingerprint density at radius 1 is 0.667 bits per heavy atom. The Kier molecular flexibility index (Phi) is 15.9. The van der Waals surface area contributed by atoms with Crippen LogP contribution < -0.4 is 0 Å². The lowest BCUT2D eigenvalue weighted by Crippen LogP contribution is -2.28. The van der Waals surface area contributed by atoms with Crippen LogP contribution in [0.4, 0.5) is 0 Å². The summed E-state index contributed by atoms with van der Waals surface area (Å²) in [5, 5.41) is 9.94. The van der Waals surface area contributed by atoms with E-state index in [2.05, 4.69) is 20.8 Å². The number of para-hydroxylation sites is 1. The van der Waals surface area contributed by atoms with Gasteiger partial charge in [-0.15, -0.1) is 0 Å². The minimum Gasteiger partial charge on any atom is -0.508 e. The molecule has 0 atom stereocenters. The summed E-state index contributed by atoms with van der Waals surface area (Å²) in [6.45, 7) is 7.34. The van der Waals surface area contributed by atoms with Gasteiger partial charge in [-0.1, -0.05) is 121 Å². The van der Waals surface area contributed by atoms with E-state index in [1.165, 1.54) is 96.3 Å². The summed E-state index contributed by atoms with van der Waals surface area (Å²) in [5.41, 5.74) is 0.739. The lowest BCUT2D eigenvalue weighted by Gasteiger charge is -2.26. The van der Waals surface area contributed by atoms with Crippen LogP contribution in [0.5, 0.6) is 5.75 Å². The van der Waals surface area contributed by atoms with Gasteiger partial charge >= 0.3 is 0 Å². The van der Waals surface area contributed by atoms with Crippen molar-refractivity contribution in [1.82, 2.24) is 0 Å². The molecule has 0 radical (unpaired) electrons. The highest BCUT2D eigenvalue weighted by molar-refractivity contribution is 5.32. The van der Waals surface area contributed by atoms with E-state index in [0.717, 1.165) is 25.0 Å². The van der Waals surface area contributed by atoms with Crippen LogP contribution in [-0.2, 0) is 11.2 Å². The molecule has 0 aliphatic carbocycles. The van der Waals surface area contributed by atoms with Crippen LogP contribution in [0.1, 0.15) is 129 Å². The van der Waals surface area contributed by atoms with Gasteiger partial charge in [-0.25, -0.2) is 0 Å². The Hall–Kier alpha value is -1.02. The molecule has 30 heavy (non-hydrogen) atoms. The fourth-order valence-electron chi connectivity index (χ4n) is 4.17. The van der Waals surface area contributed by atoms with Crippen LogP contribution in [0.3, 0.4) is 0 Å². The molecule has 0 spiro atoms. The number of aromatic hydroxyl groups is 1. The SMILES string of the molecule is CCCCCCCCCCCCCCCCCCOC(C)(C)Cc1ccccc1O. The van der Waals surface area contributed by atoms with E-state index < -0.39 is 0 Å². The van der Waals surface area contributed by atoms with Gasteiger partial charge in [0, 0.05) is 13.0 Å². The highest BCUT2D eigenvalue weighted by atomic mass is 16.5. The lowest BCUT2D eigenvalue weighted by atomic mass is 9.97. The Balaban J connectivity index is 1.86. The molecule has 2 nitrogen and oxygen atoms in total. The van der Waals surface area contributed by atoms with E-state index in [-0.39, 0.29) is 5.60 Å². The van der Waals surface area contributed by atoms with E-state index in [0.29, 0.717) is 5.75 Å². The first-order valence-corrected chi connectivity index (χ1v) is 13.0. The second-order valence-electron chi connectivity index (χ2n) is 9.72. The Labute approximate surface area is 187 Å². The fourth-order valence-corrected chi connectivity index (χ4v) is 4.17. The van der Waals surface area contributed by atoms with Gasteiger partial charge in [0.15, 0.2) is 0 Å². The van der Waals surface area contributed by atoms with Gasteiger partial charge in [0.05, 0.1) is 5.60 Å². The number of rotatable bonds is 20. The van der Waals surface area contributed by atoms with Crippen molar-refractivity contribution in [3.8, 4) is 5.75 Å². The number of unbranched alkanes of at least 4 members (excludes halogenated alkanes) is 15. The summed E-state index contributed by atoms with van der Waals surface area (Å²) in [4.78, 5) is 0. The van der Waals surface area contributed by atoms with Gasteiger partial charge in [0.25, 0.3) is 0 Å². The largest absolute Gasteiger partial charge is 0.508 e. The molecule has 0 bridgehead atoms. The first-order chi connectivity index (χ1) is 14.5. The molecular weight excluding hydrogens is 368 g/mol. The minimum absolute atomic E-state index is 0.228. The number of hydrogen-bond acceptors (Lipinski definition) is 2. The van der Waals surface area contributed by atoms with Crippen LogP contribution in [0.15, 0.2) is 24.3 Å². The van der Waals surface area contributed by atoms with Gasteiger partial charge in [-0.05, 0) is 31.9 Å². The highest BCUT2D eigenvalue weighted by Crippen LogP contribution is 2.24. The zero-order chi connectivity index (χ0) is 21.9. The molecular formula is C28H50O2. The molecule has 174 valence electrons. The normalized spacial score (nSPS) is 11.8. The molecule has 0 aliphatic heterocycles. The van der Waals surface area contributed by atoms with Gasteiger partial charge < -0.3 is 9.84 Å². The molecule has 1 aromatic rings. The molecule has 1 N–H and O–H groups in total. The number of hydrogen-bond donors (Lipinski definition) is 1. The first kappa shape index (κ1) is 27.0. The number of ether oxygens (including phenoxy) is 1. The highest BCUT2D eigenvalue weighted by Gasteiger charge is 2.20. The molecule has 0 aliphatic rings. The molecule has 0 fully saturated rings. The average Bonchev–Trinajstić information content (AvgIpc) is 2.72. The summed E-state index contributed by atoms with van der Waals surface area (Å²) in [6, 6.07) is 7.57. The summed E-state index contributed by atoms with van der Waals surface area (Å²) >= 11 is 0. The van der Waals surface area contributed by atoms with Crippen molar-refractivity contribution < 1.29 is 9.84 Å². The van der Waals surface area contributed by atoms with Crippen molar-refractivity contribution in [2.75, 3.05) is 6.61 Å². The van der Waals surface area contributed by atoms with E-state index in [4.69, 9.17) is 4.74 Å². The van der Waals surface area contributed by atoms with Gasteiger partial charge in [-0.2, -0.15) is 0 Å². The van der Waals surface area contributed by atoms with Crippen LogP contribution in [0, 0.1) is 0 Å². The number of benzene rings is 1. The first-order valence-electron chi connectivity index (χ1n) is 13.0. The smallest absolute Gasteiger partial charge is 0.118 e. The predicted octanol–water partition coefficient (Wildman–Crippen LogP) is 8.99. The number of phenolic OH excluding ortho intramolecular Hbond substituents is 1. The van der Waals surface area contributed by atoms with Crippen molar-refractivity contribution >= 4 is 0 Å².